The molecule has 0 spiro atoms. The van der Waals surface area contributed by atoms with E-state index in [1.54, 1.807) is 13.0 Å². The molecule has 0 bridgehead atoms. The van der Waals surface area contributed by atoms with Crippen LogP contribution >= 0.6 is 27.5 Å². The van der Waals surface area contributed by atoms with Crippen molar-refractivity contribution in [1.29, 1.82) is 0 Å². The topological polar surface area (TPSA) is 59.1 Å². The normalized spacial score (nSPS) is 11.4. The van der Waals surface area contributed by atoms with Crippen molar-refractivity contribution in [3.8, 4) is 0 Å². The van der Waals surface area contributed by atoms with Crippen molar-refractivity contribution in [2.45, 2.75) is 11.8 Å². The summed E-state index contributed by atoms with van der Waals surface area (Å²) in [5.41, 5.74) is 0.541. The van der Waals surface area contributed by atoms with Gasteiger partial charge in [0.1, 0.15) is 15.9 Å². The highest BCUT2D eigenvalue weighted by Crippen LogP contribution is 2.26. The van der Waals surface area contributed by atoms with Gasteiger partial charge in [-0.2, -0.15) is 0 Å². The summed E-state index contributed by atoms with van der Waals surface area (Å²) in [6.45, 7) is 1.70. The molecular weight excluding hydrogens is 371 g/mol. The monoisotopic (exact) mass is 378 g/mol. The molecule has 20 heavy (non-hydrogen) atoms. The van der Waals surface area contributed by atoms with E-state index in [1.807, 2.05) is 0 Å². The summed E-state index contributed by atoms with van der Waals surface area (Å²) in [6, 6.07) is 5.48. The van der Waals surface area contributed by atoms with Crippen molar-refractivity contribution < 1.29 is 12.8 Å². The highest BCUT2D eigenvalue weighted by Gasteiger charge is 2.21. The van der Waals surface area contributed by atoms with Gasteiger partial charge in [-0.1, -0.05) is 17.7 Å². The van der Waals surface area contributed by atoms with Gasteiger partial charge in [-0.25, -0.2) is 17.8 Å². The summed E-state index contributed by atoms with van der Waals surface area (Å²) in [7, 11) is -4.02. The minimum atomic E-state index is -4.02. The third-order valence-corrected chi connectivity index (χ3v) is 4.66. The number of aromatic nitrogens is 1. The van der Waals surface area contributed by atoms with E-state index < -0.39 is 15.8 Å². The largest absolute Gasteiger partial charge is 0.277 e. The maximum absolute atomic E-state index is 13.7. The summed E-state index contributed by atoms with van der Waals surface area (Å²) in [5, 5.41) is -0.187. The second-order valence-corrected chi connectivity index (χ2v) is 6.96. The van der Waals surface area contributed by atoms with E-state index in [0.717, 1.165) is 0 Å². The first-order chi connectivity index (χ1) is 9.29. The van der Waals surface area contributed by atoms with Crippen LogP contribution in [0.2, 0.25) is 5.15 Å². The Morgan fingerprint density at radius 1 is 1.35 bits per heavy atom. The van der Waals surface area contributed by atoms with Gasteiger partial charge in [0.25, 0.3) is 10.0 Å². The molecule has 0 atom stereocenters. The number of hydrogen-bond acceptors (Lipinski definition) is 3. The van der Waals surface area contributed by atoms with Crippen molar-refractivity contribution in [2.24, 2.45) is 0 Å². The standard InChI is InChI=1S/C12H9BrClFN2O2S/c1-7-2-3-10(9(15)4-7)17-20(18,19)11-5-8(13)6-16-12(11)14/h2-6,17H,1H3. The summed E-state index contributed by atoms with van der Waals surface area (Å²) in [4.78, 5) is 3.50. The molecule has 0 fully saturated rings. The number of nitrogens with one attached hydrogen (secondary N) is 1. The quantitative estimate of drug-likeness (QED) is 0.826. The van der Waals surface area contributed by atoms with E-state index in [1.165, 1.54) is 24.4 Å². The molecule has 0 aliphatic heterocycles. The van der Waals surface area contributed by atoms with Crippen LogP contribution in [0.3, 0.4) is 0 Å². The summed E-state index contributed by atoms with van der Waals surface area (Å²) < 4.78 is 40.7. The lowest BCUT2D eigenvalue weighted by molar-refractivity contribution is 0.598. The van der Waals surface area contributed by atoms with Crippen LogP contribution in [-0.2, 0) is 10.0 Å². The number of pyridine rings is 1. The lowest BCUT2D eigenvalue weighted by atomic mass is 10.2. The van der Waals surface area contributed by atoms with Crippen molar-refractivity contribution in [3.63, 3.8) is 0 Å². The zero-order chi connectivity index (χ0) is 14.9. The summed E-state index contributed by atoms with van der Waals surface area (Å²) >= 11 is 8.88. The van der Waals surface area contributed by atoms with Crippen LogP contribution in [-0.4, -0.2) is 13.4 Å². The Kier molecular flexibility index (Phi) is 4.31. The molecular formula is C12H9BrClFN2O2S. The molecule has 0 saturated carbocycles. The first-order valence-electron chi connectivity index (χ1n) is 5.39. The maximum atomic E-state index is 13.7. The third-order valence-electron chi connectivity index (χ3n) is 2.43. The van der Waals surface area contributed by atoms with E-state index in [9.17, 15) is 12.8 Å². The van der Waals surface area contributed by atoms with Crippen LogP contribution in [0.15, 0.2) is 39.8 Å². The SMILES string of the molecule is Cc1ccc(NS(=O)(=O)c2cc(Br)cnc2Cl)c(F)c1. The molecule has 1 aromatic carbocycles. The molecule has 1 aromatic heterocycles. The van der Waals surface area contributed by atoms with Gasteiger partial charge in [-0.15, -0.1) is 0 Å². The lowest BCUT2D eigenvalue weighted by Crippen LogP contribution is -2.15. The molecule has 0 saturated heterocycles. The van der Waals surface area contributed by atoms with Crippen LogP contribution in [0, 0.1) is 12.7 Å². The van der Waals surface area contributed by atoms with Crippen molar-refractivity contribution in [1.82, 2.24) is 4.98 Å². The minimum Gasteiger partial charge on any atom is -0.277 e. The molecule has 0 radical (unpaired) electrons. The second-order valence-electron chi connectivity index (χ2n) is 4.03. The number of anilines is 1. The van der Waals surface area contributed by atoms with E-state index in [2.05, 4.69) is 25.6 Å². The highest BCUT2D eigenvalue weighted by atomic mass is 79.9. The fraction of sp³-hybridized carbons (Fsp3) is 0.0833. The van der Waals surface area contributed by atoms with Crippen molar-refractivity contribution >= 4 is 43.2 Å². The highest BCUT2D eigenvalue weighted by molar-refractivity contribution is 9.10. The number of sulfonamides is 1. The Morgan fingerprint density at radius 3 is 2.70 bits per heavy atom. The van der Waals surface area contributed by atoms with Crippen LogP contribution in [0.25, 0.3) is 0 Å². The number of rotatable bonds is 3. The average Bonchev–Trinajstić information content (AvgIpc) is 2.35. The van der Waals surface area contributed by atoms with E-state index in [-0.39, 0.29) is 15.7 Å². The van der Waals surface area contributed by atoms with Crippen LogP contribution in [0.1, 0.15) is 5.56 Å². The van der Waals surface area contributed by atoms with Gasteiger partial charge in [-0.3, -0.25) is 4.72 Å². The predicted octanol–water partition coefficient (Wildman–Crippen LogP) is 3.75. The minimum absolute atomic E-state index is 0.147. The van der Waals surface area contributed by atoms with E-state index in [0.29, 0.717) is 10.0 Å². The molecule has 0 unspecified atom stereocenters. The smallest absolute Gasteiger partial charge is 0.265 e. The van der Waals surface area contributed by atoms with Gasteiger partial charge >= 0.3 is 0 Å². The molecule has 0 aliphatic carbocycles. The third kappa shape index (κ3) is 3.28. The molecule has 4 nitrogen and oxygen atoms in total. The molecule has 0 amide bonds. The van der Waals surface area contributed by atoms with Gasteiger partial charge in [0.2, 0.25) is 0 Å². The summed E-state index contributed by atoms with van der Waals surface area (Å²) in [6.07, 6.45) is 1.37. The maximum Gasteiger partial charge on any atom is 0.265 e. The van der Waals surface area contributed by atoms with E-state index >= 15 is 0 Å². The first kappa shape index (κ1) is 15.2. The van der Waals surface area contributed by atoms with Crippen LogP contribution in [0.5, 0.6) is 0 Å². The number of hydrogen-bond donors (Lipinski definition) is 1. The van der Waals surface area contributed by atoms with Gasteiger partial charge < -0.3 is 0 Å². The number of nitrogens with zero attached hydrogens (tertiary/aromatic N) is 1. The Hall–Kier alpha value is -1.18. The van der Waals surface area contributed by atoms with Crippen molar-refractivity contribution in [2.75, 3.05) is 4.72 Å². The van der Waals surface area contributed by atoms with Crippen molar-refractivity contribution in [3.05, 3.63) is 51.5 Å². The second kappa shape index (κ2) is 5.67. The van der Waals surface area contributed by atoms with Gasteiger partial charge in [0, 0.05) is 10.7 Å². The van der Waals surface area contributed by atoms with Crippen LogP contribution in [0.4, 0.5) is 10.1 Å². The zero-order valence-corrected chi connectivity index (χ0v) is 13.4. The van der Waals surface area contributed by atoms with Gasteiger partial charge in [-0.05, 0) is 46.6 Å². The Morgan fingerprint density at radius 2 is 2.05 bits per heavy atom. The predicted molar refractivity (Wildman–Crippen MR) is 78.9 cm³/mol. The molecule has 8 heteroatoms. The molecule has 0 aliphatic rings. The lowest BCUT2D eigenvalue weighted by Gasteiger charge is -2.10. The Labute approximate surface area is 129 Å². The zero-order valence-electron chi connectivity index (χ0n) is 10.2. The molecule has 1 heterocycles. The Balaban J connectivity index is 2.43. The molecule has 2 aromatic rings. The number of benzene rings is 1. The average molecular weight is 380 g/mol. The molecule has 1 N–H and O–H groups in total. The fourth-order valence-corrected chi connectivity index (χ4v) is 3.51. The number of halogens is 3. The Bertz CT molecular complexity index is 768. The molecule has 2 rings (SSSR count). The van der Waals surface area contributed by atoms with Gasteiger partial charge in [0.15, 0.2) is 0 Å². The fourth-order valence-electron chi connectivity index (χ4n) is 1.50. The number of aryl methyl sites for hydroxylation is 1. The van der Waals surface area contributed by atoms with Gasteiger partial charge in [0.05, 0.1) is 5.69 Å². The van der Waals surface area contributed by atoms with Crippen LogP contribution < -0.4 is 4.72 Å². The first-order valence-corrected chi connectivity index (χ1v) is 8.05. The summed E-state index contributed by atoms with van der Waals surface area (Å²) in [5.74, 6) is -0.660. The molecule has 106 valence electrons. The van der Waals surface area contributed by atoms with E-state index in [4.69, 9.17) is 11.6 Å².